The number of nitrogens with zero attached hydrogens (tertiary/aromatic N) is 2. The van der Waals surface area contributed by atoms with Gasteiger partial charge in [0.25, 0.3) is 5.56 Å². The normalized spacial score (nSPS) is 18.4. The van der Waals surface area contributed by atoms with E-state index in [1.54, 1.807) is 23.0 Å². The van der Waals surface area contributed by atoms with Crippen molar-refractivity contribution in [1.29, 1.82) is 0 Å². The second kappa shape index (κ2) is 6.19. The van der Waals surface area contributed by atoms with Gasteiger partial charge in [0, 0.05) is 18.0 Å². The number of thioether (sulfide) groups is 1. The zero-order valence-electron chi connectivity index (χ0n) is 13.9. The Kier molecular flexibility index (Phi) is 4.16. The van der Waals surface area contributed by atoms with Crippen molar-refractivity contribution in [2.24, 2.45) is 7.05 Å². The minimum Gasteiger partial charge on any atom is -0.352 e. The molecule has 0 aromatic carbocycles. The van der Waals surface area contributed by atoms with Crippen molar-refractivity contribution < 1.29 is 4.79 Å². The van der Waals surface area contributed by atoms with Crippen molar-refractivity contribution in [3.63, 3.8) is 0 Å². The molecule has 2 aromatic rings. The van der Waals surface area contributed by atoms with Gasteiger partial charge in [-0.05, 0) is 51.0 Å². The van der Waals surface area contributed by atoms with Crippen LogP contribution in [0.4, 0.5) is 0 Å². The van der Waals surface area contributed by atoms with E-state index in [9.17, 15) is 9.59 Å². The molecule has 0 spiro atoms. The highest BCUT2D eigenvalue weighted by Gasteiger charge is 2.27. The van der Waals surface area contributed by atoms with E-state index in [0.717, 1.165) is 42.3 Å². The van der Waals surface area contributed by atoms with Crippen molar-refractivity contribution in [3.8, 4) is 0 Å². The zero-order valence-corrected chi connectivity index (χ0v) is 15.6. The largest absolute Gasteiger partial charge is 0.352 e. The van der Waals surface area contributed by atoms with Crippen molar-refractivity contribution >= 4 is 39.2 Å². The van der Waals surface area contributed by atoms with Crippen LogP contribution in [0.3, 0.4) is 0 Å². The second-order valence-electron chi connectivity index (χ2n) is 6.69. The Morgan fingerprint density at radius 2 is 2.12 bits per heavy atom. The molecule has 2 aliphatic rings. The molecule has 128 valence electrons. The minimum absolute atomic E-state index is 0.0247. The molecule has 0 radical (unpaired) electrons. The Hall–Kier alpha value is -1.34. The lowest BCUT2D eigenvalue weighted by atomic mass is 9.97. The van der Waals surface area contributed by atoms with Crippen LogP contribution in [0.2, 0.25) is 0 Å². The van der Waals surface area contributed by atoms with Gasteiger partial charge in [-0.15, -0.1) is 11.3 Å². The highest BCUT2D eigenvalue weighted by molar-refractivity contribution is 8.00. The van der Waals surface area contributed by atoms with E-state index in [0.29, 0.717) is 11.2 Å². The highest BCUT2D eigenvalue weighted by Crippen LogP contribution is 2.35. The quantitative estimate of drug-likeness (QED) is 0.670. The summed E-state index contributed by atoms with van der Waals surface area (Å²) < 4.78 is 1.61. The van der Waals surface area contributed by atoms with E-state index >= 15 is 0 Å². The van der Waals surface area contributed by atoms with Gasteiger partial charge < -0.3 is 5.32 Å². The topological polar surface area (TPSA) is 64.0 Å². The second-order valence-corrected chi connectivity index (χ2v) is 9.08. The summed E-state index contributed by atoms with van der Waals surface area (Å²) in [4.78, 5) is 31.9. The third kappa shape index (κ3) is 2.88. The Morgan fingerprint density at radius 3 is 2.88 bits per heavy atom. The lowest BCUT2D eigenvalue weighted by molar-refractivity contribution is -0.120. The van der Waals surface area contributed by atoms with Gasteiger partial charge in [-0.3, -0.25) is 14.2 Å². The van der Waals surface area contributed by atoms with Crippen LogP contribution >= 0.6 is 23.1 Å². The minimum atomic E-state index is -0.254. The molecule has 1 N–H and O–H groups in total. The summed E-state index contributed by atoms with van der Waals surface area (Å²) >= 11 is 3.02. The fourth-order valence-corrected chi connectivity index (χ4v) is 5.32. The van der Waals surface area contributed by atoms with Crippen LogP contribution in [0, 0.1) is 0 Å². The fraction of sp³-hybridized carbons (Fsp3) is 0.588. The molecular formula is C17H21N3O2S2. The summed E-state index contributed by atoms with van der Waals surface area (Å²) in [5.41, 5.74) is 1.24. The number of rotatable bonds is 4. The summed E-state index contributed by atoms with van der Waals surface area (Å²) in [6.45, 7) is 1.87. The molecule has 1 saturated carbocycles. The monoisotopic (exact) mass is 363 g/mol. The third-order valence-corrected chi connectivity index (χ3v) is 7.06. The van der Waals surface area contributed by atoms with Crippen molar-refractivity contribution in [2.45, 2.75) is 61.9 Å². The standard InChI is InChI=1S/C17H21N3O2S2/c1-9(14(21)18-10-7-8-10)23-17-19-15-13(16(22)20(17)2)11-5-3-4-6-12(11)24-15/h9-10H,3-8H2,1-2H3,(H,18,21). The Morgan fingerprint density at radius 1 is 1.38 bits per heavy atom. The molecule has 4 rings (SSSR count). The van der Waals surface area contributed by atoms with Crippen LogP contribution in [0.25, 0.3) is 10.2 Å². The molecule has 1 unspecified atom stereocenters. The van der Waals surface area contributed by atoms with Crippen LogP contribution in [-0.4, -0.2) is 26.8 Å². The molecule has 5 nitrogen and oxygen atoms in total. The average molecular weight is 364 g/mol. The summed E-state index contributed by atoms with van der Waals surface area (Å²) in [6.07, 6.45) is 6.54. The number of fused-ring (bicyclic) bond motifs is 3. The maximum atomic E-state index is 12.8. The SMILES string of the molecule is CC(Sc1nc2sc3c(c2c(=O)n1C)CCCC3)C(=O)NC1CC1. The first-order valence-electron chi connectivity index (χ1n) is 8.53. The maximum Gasteiger partial charge on any atom is 0.262 e. The van der Waals surface area contributed by atoms with Crippen LogP contribution < -0.4 is 10.9 Å². The van der Waals surface area contributed by atoms with Gasteiger partial charge in [-0.25, -0.2) is 4.98 Å². The molecule has 1 atom stereocenters. The number of amides is 1. The number of nitrogens with one attached hydrogen (secondary N) is 1. The first-order valence-corrected chi connectivity index (χ1v) is 10.2. The van der Waals surface area contributed by atoms with Crippen molar-refractivity contribution in [1.82, 2.24) is 14.9 Å². The van der Waals surface area contributed by atoms with E-state index in [1.165, 1.54) is 28.6 Å². The molecule has 24 heavy (non-hydrogen) atoms. The van der Waals surface area contributed by atoms with Gasteiger partial charge in [0.2, 0.25) is 5.91 Å². The van der Waals surface area contributed by atoms with Crippen molar-refractivity contribution in [3.05, 3.63) is 20.8 Å². The molecule has 1 fully saturated rings. The Balaban J connectivity index is 1.67. The van der Waals surface area contributed by atoms with Crippen LogP contribution in [-0.2, 0) is 24.7 Å². The zero-order chi connectivity index (χ0) is 16.8. The first-order chi connectivity index (χ1) is 11.5. The summed E-state index contributed by atoms with van der Waals surface area (Å²) in [5, 5.41) is 4.19. The molecule has 0 saturated heterocycles. The van der Waals surface area contributed by atoms with Gasteiger partial charge in [0.1, 0.15) is 4.83 Å². The predicted octanol–water partition coefficient (Wildman–Crippen LogP) is 2.63. The first kappa shape index (κ1) is 16.1. The Bertz CT molecular complexity index is 867. The molecule has 2 heterocycles. The summed E-state index contributed by atoms with van der Waals surface area (Å²) in [6, 6.07) is 0.351. The number of aromatic nitrogens is 2. The predicted molar refractivity (Wildman–Crippen MR) is 98.0 cm³/mol. The molecular weight excluding hydrogens is 342 g/mol. The fourth-order valence-electron chi connectivity index (χ4n) is 3.13. The Labute approximate surface area is 148 Å². The average Bonchev–Trinajstić information content (AvgIpc) is 3.30. The lowest BCUT2D eigenvalue weighted by Gasteiger charge is -2.13. The molecule has 0 aliphatic heterocycles. The number of carbonyl (C=O) groups excluding carboxylic acids is 1. The highest BCUT2D eigenvalue weighted by atomic mass is 32.2. The van der Waals surface area contributed by atoms with Gasteiger partial charge in [-0.1, -0.05) is 11.8 Å². The summed E-state index contributed by atoms with van der Waals surface area (Å²) in [7, 11) is 1.76. The van der Waals surface area contributed by atoms with Crippen LogP contribution in [0.1, 0.15) is 43.0 Å². The van der Waals surface area contributed by atoms with E-state index < -0.39 is 0 Å². The van der Waals surface area contributed by atoms with E-state index in [-0.39, 0.29) is 16.7 Å². The van der Waals surface area contributed by atoms with Gasteiger partial charge in [-0.2, -0.15) is 0 Å². The number of hydrogen-bond acceptors (Lipinski definition) is 5. The van der Waals surface area contributed by atoms with Crippen molar-refractivity contribution in [2.75, 3.05) is 0 Å². The maximum absolute atomic E-state index is 12.8. The molecule has 2 aliphatic carbocycles. The summed E-state index contributed by atoms with van der Waals surface area (Å²) in [5.74, 6) is 0.0299. The van der Waals surface area contributed by atoms with Crippen LogP contribution in [0.15, 0.2) is 9.95 Å². The molecule has 7 heteroatoms. The number of thiophene rings is 1. The number of hydrogen-bond donors (Lipinski definition) is 1. The smallest absolute Gasteiger partial charge is 0.262 e. The molecule has 1 amide bonds. The van der Waals surface area contributed by atoms with E-state index in [4.69, 9.17) is 4.98 Å². The third-order valence-electron chi connectivity index (χ3n) is 4.73. The number of carbonyl (C=O) groups is 1. The van der Waals surface area contributed by atoms with Gasteiger partial charge in [0.15, 0.2) is 5.16 Å². The van der Waals surface area contributed by atoms with E-state index in [2.05, 4.69) is 5.32 Å². The van der Waals surface area contributed by atoms with Gasteiger partial charge >= 0.3 is 0 Å². The molecule has 0 bridgehead atoms. The van der Waals surface area contributed by atoms with Gasteiger partial charge in [0.05, 0.1) is 10.6 Å². The number of aryl methyl sites for hydroxylation is 2. The van der Waals surface area contributed by atoms with Crippen LogP contribution in [0.5, 0.6) is 0 Å². The van der Waals surface area contributed by atoms with E-state index in [1.807, 2.05) is 6.92 Å². The molecule has 2 aromatic heterocycles. The lowest BCUT2D eigenvalue weighted by Crippen LogP contribution is -2.33.